The number of carbonyl (C=O) groups excluding carboxylic acids is 2. The van der Waals surface area contributed by atoms with Crippen LogP contribution in [0.1, 0.15) is 49.0 Å². The Morgan fingerprint density at radius 3 is 2.82 bits per heavy atom. The first kappa shape index (κ1) is 22.8. The number of H-pyrrole nitrogens is 1. The van der Waals surface area contributed by atoms with E-state index < -0.39 is 5.95 Å². The maximum atomic E-state index is 13.0. The van der Waals surface area contributed by atoms with E-state index in [0.29, 0.717) is 23.8 Å². The molecule has 4 rings (SSSR count). The zero-order valence-corrected chi connectivity index (χ0v) is 18.6. The van der Waals surface area contributed by atoms with Crippen LogP contribution in [0, 0.1) is 11.9 Å². The number of fused-ring (bicyclic) bond motifs is 1. The molecule has 1 atom stereocenters. The van der Waals surface area contributed by atoms with Crippen molar-refractivity contribution in [1.82, 2.24) is 20.2 Å². The van der Waals surface area contributed by atoms with Crippen LogP contribution in [-0.2, 0) is 0 Å². The molecule has 0 spiro atoms. The van der Waals surface area contributed by atoms with Crippen LogP contribution >= 0.6 is 0 Å². The maximum Gasteiger partial charge on any atom is 0.319 e. The number of para-hydroxylation sites is 1. The summed E-state index contributed by atoms with van der Waals surface area (Å²) in [5.74, 6) is 0.0240. The average molecular weight is 452 g/mol. The predicted octanol–water partition coefficient (Wildman–Crippen LogP) is 4.94. The molecule has 1 aliphatic rings. The highest BCUT2D eigenvalue weighted by Gasteiger charge is 2.27. The Morgan fingerprint density at radius 1 is 1.12 bits per heavy atom. The molecule has 0 saturated carbocycles. The highest BCUT2D eigenvalue weighted by atomic mass is 19.1. The van der Waals surface area contributed by atoms with Gasteiger partial charge in [0.1, 0.15) is 5.69 Å². The molecule has 3 heterocycles. The number of unbranched alkanes of at least 4 members (excludes halogenated alkanes) is 3. The van der Waals surface area contributed by atoms with E-state index in [4.69, 9.17) is 0 Å². The van der Waals surface area contributed by atoms with E-state index in [0.717, 1.165) is 62.5 Å². The van der Waals surface area contributed by atoms with E-state index in [-0.39, 0.29) is 11.9 Å². The topological polar surface area (TPSA) is 90.1 Å². The van der Waals surface area contributed by atoms with Crippen molar-refractivity contribution in [2.45, 2.75) is 38.5 Å². The number of pyridine rings is 1. The summed E-state index contributed by atoms with van der Waals surface area (Å²) in [6.07, 6.45) is 7.66. The average Bonchev–Trinajstić information content (AvgIpc) is 3.45. The molecule has 174 valence electrons. The fraction of sp³-hybridized carbons (Fsp3) is 0.400. The number of benzene rings is 1. The molecule has 0 bridgehead atoms. The van der Waals surface area contributed by atoms with Gasteiger partial charge >= 0.3 is 6.03 Å². The Kier molecular flexibility index (Phi) is 7.55. The summed E-state index contributed by atoms with van der Waals surface area (Å²) in [4.78, 5) is 33.3. The molecular formula is C25H30FN5O2. The first-order chi connectivity index (χ1) is 16.1. The van der Waals surface area contributed by atoms with Crippen molar-refractivity contribution in [2.75, 3.05) is 25.0 Å². The molecule has 1 fully saturated rings. The second kappa shape index (κ2) is 10.9. The molecule has 2 aromatic heterocycles. The van der Waals surface area contributed by atoms with Gasteiger partial charge in [0.05, 0.1) is 0 Å². The van der Waals surface area contributed by atoms with Crippen molar-refractivity contribution in [3.05, 3.63) is 60.3 Å². The van der Waals surface area contributed by atoms with Gasteiger partial charge in [-0.2, -0.15) is 4.39 Å². The number of amides is 3. The lowest BCUT2D eigenvalue weighted by atomic mass is 10.00. The van der Waals surface area contributed by atoms with Crippen LogP contribution in [0.25, 0.3) is 10.9 Å². The number of rotatable bonds is 9. The third-order valence-corrected chi connectivity index (χ3v) is 6.14. The number of nitrogens with zero attached hydrogens (tertiary/aromatic N) is 2. The number of hydrogen-bond donors (Lipinski definition) is 3. The van der Waals surface area contributed by atoms with Gasteiger partial charge in [-0.15, -0.1) is 0 Å². The first-order valence-corrected chi connectivity index (χ1v) is 11.6. The van der Waals surface area contributed by atoms with Crippen LogP contribution in [-0.4, -0.2) is 46.4 Å². The van der Waals surface area contributed by atoms with E-state index in [1.54, 1.807) is 6.07 Å². The molecule has 0 aliphatic carbocycles. The lowest BCUT2D eigenvalue weighted by Gasteiger charge is -2.15. The summed E-state index contributed by atoms with van der Waals surface area (Å²) in [6, 6.07) is 12.3. The SMILES string of the molecule is O=C(NCCCCCCC1CCN(C(=O)c2cc3ccccc3[nH]2)C1)Nc1ccnc(F)c1. The minimum absolute atomic E-state index is 0.0903. The van der Waals surface area contributed by atoms with Gasteiger partial charge < -0.3 is 20.5 Å². The molecule has 8 heteroatoms. The van der Waals surface area contributed by atoms with Gasteiger partial charge in [-0.3, -0.25) is 4.79 Å². The zero-order valence-electron chi connectivity index (χ0n) is 18.6. The molecule has 1 aromatic carbocycles. The molecule has 7 nitrogen and oxygen atoms in total. The lowest BCUT2D eigenvalue weighted by molar-refractivity contribution is 0.0781. The Balaban J connectivity index is 1.08. The highest BCUT2D eigenvalue weighted by Crippen LogP contribution is 2.25. The van der Waals surface area contributed by atoms with Crippen LogP contribution < -0.4 is 10.6 Å². The summed E-state index contributed by atoms with van der Waals surface area (Å²) in [6.45, 7) is 2.22. The van der Waals surface area contributed by atoms with E-state index in [9.17, 15) is 14.0 Å². The number of halogens is 1. The smallest absolute Gasteiger partial charge is 0.319 e. The van der Waals surface area contributed by atoms with Crippen molar-refractivity contribution >= 4 is 28.5 Å². The maximum absolute atomic E-state index is 13.0. The minimum atomic E-state index is -0.625. The van der Waals surface area contributed by atoms with E-state index in [2.05, 4.69) is 20.6 Å². The largest absolute Gasteiger partial charge is 0.351 e. The van der Waals surface area contributed by atoms with Crippen LogP contribution in [0.2, 0.25) is 0 Å². The van der Waals surface area contributed by atoms with E-state index >= 15 is 0 Å². The van der Waals surface area contributed by atoms with E-state index in [1.165, 1.54) is 12.3 Å². The molecule has 1 unspecified atom stereocenters. The molecular weight excluding hydrogens is 421 g/mol. The zero-order chi connectivity index (χ0) is 23.0. The molecule has 0 radical (unpaired) electrons. The van der Waals surface area contributed by atoms with Gasteiger partial charge in [0.2, 0.25) is 5.95 Å². The van der Waals surface area contributed by atoms with Crippen molar-refractivity contribution in [2.24, 2.45) is 5.92 Å². The van der Waals surface area contributed by atoms with Crippen LogP contribution in [0.3, 0.4) is 0 Å². The number of nitrogens with one attached hydrogen (secondary N) is 3. The van der Waals surface area contributed by atoms with Crippen LogP contribution in [0.4, 0.5) is 14.9 Å². The Hall–Kier alpha value is -3.42. The Bertz CT molecular complexity index is 1070. The monoisotopic (exact) mass is 451 g/mol. The number of hydrogen-bond acceptors (Lipinski definition) is 3. The highest BCUT2D eigenvalue weighted by molar-refractivity contribution is 5.98. The van der Waals surface area contributed by atoms with Gasteiger partial charge in [0.15, 0.2) is 0 Å². The molecule has 1 saturated heterocycles. The molecule has 1 aliphatic heterocycles. The fourth-order valence-electron chi connectivity index (χ4n) is 4.38. The summed E-state index contributed by atoms with van der Waals surface area (Å²) in [7, 11) is 0. The van der Waals surface area contributed by atoms with Crippen molar-refractivity contribution in [1.29, 1.82) is 0 Å². The summed E-state index contributed by atoms with van der Waals surface area (Å²) >= 11 is 0. The Labute approximate surface area is 192 Å². The fourth-order valence-corrected chi connectivity index (χ4v) is 4.38. The second-order valence-corrected chi connectivity index (χ2v) is 8.63. The molecule has 3 N–H and O–H groups in total. The van der Waals surface area contributed by atoms with Crippen LogP contribution in [0.15, 0.2) is 48.7 Å². The number of likely N-dealkylation sites (tertiary alicyclic amines) is 1. The number of aromatic nitrogens is 2. The third-order valence-electron chi connectivity index (χ3n) is 6.14. The normalized spacial score (nSPS) is 15.7. The number of urea groups is 1. The molecule has 3 amide bonds. The van der Waals surface area contributed by atoms with Gasteiger partial charge in [-0.05, 0) is 43.4 Å². The van der Waals surface area contributed by atoms with Crippen molar-refractivity contribution < 1.29 is 14.0 Å². The van der Waals surface area contributed by atoms with Crippen molar-refractivity contribution in [3.63, 3.8) is 0 Å². The number of aromatic amines is 1. The van der Waals surface area contributed by atoms with Gasteiger partial charge in [-0.25, -0.2) is 9.78 Å². The molecule has 33 heavy (non-hydrogen) atoms. The van der Waals surface area contributed by atoms with Gasteiger partial charge in [0.25, 0.3) is 5.91 Å². The first-order valence-electron chi connectivity index (χ1n) is 11.6. The number of carbonyl (C=O) groups is 2. The summed E-state index contributed by atoms with van der Waals surface area (Å²) in [5, 5.41) is 6.44. The Morgan fingerprint density at radius 2 is 1.97 bits per heavy atom. The summed E-state index contributed by atoms with van der Waals surface area (Å²) in [5.41, 5.74) is 2.05. The third kappa shape index (κ3) is 6.31. The second-order valence-electron chi connectivity index (χ2n) is 8.63. The van der Waals surface area contributed by atoms with E-state index in [1.807, 2.05) is 35.2 Å². The molecule has 3 aromatic rings. The standard InChI is InChI=1S/C25H30FN5O2/c26-23-16-20(10-13-27-23)29-25(33)28-12-6-2-1-3-7-18-11-14-31(17-18)24(32)22-15-19-8-4-5-9-21(19)30-22/h4-5,8-10,13,15-16,18,30H,1-3,6-7,11-12,14,17H2,(H2,27,28,29,33). The predicted molar refractivity (Wildman–Crippen MR) is 127 cm³/mol. The van der Waals surface area contributed by atoms with Gasteiger partial charge in [0, 0.05) is 48.5 Å². The van der Waals surface area contributed by atoms with Gasteiger partial charge in [-0.1, -0.05) is 37.5 Å². The van der Waals surface area contributed by atoms with Crippen LogP contribution in [0.5, 0.6) is 0 Å². The van der Waals surface area contributed by atoms with Crippen molar-refractivity contribution in [3.8, 4) is 0 Å². The quantitative estimate of drug-likeness (QED) is 0.318. The summed E-state index contributed by atoms with van der Waals surface area (Å²) < 4.78 is 13.0. The lowest BCUT2D eigenvalue weighted by Crippen LogP contribution is -2.29. The minimum Gasteiger partial charge on any atom is -0.351 e. The number of anilines is 1.